The van der Waals surface area contributed by atoms with Gasteiger partial charge in [0.1, 0.15) is 6.04 Å². The van der Waals surface area contributed by atoms with Crippen molar-refractivity contribution in [2.45, 2.75) is 45.6 Å². The van der Waals surface area contributed by atoms with Crippen LogP contribution in [-0.4, -0.2) is 16.1 Å². The summed E-state index contributed by atoms with van der Waals surface area (Å²) in [5, 5.41) is 11.1. The number of aromatic nitrogens is 2. The van der Waals surface area contributed by atoms with Gasteiger partial charge in [0.25, 0.3) is 0 Å². The maximum absolute atomic E-state index is 13.0. The molecule has 1 heterocycles. The van der Waals surface area contributed by atoms with Gasteiger partial charge in [-0.1, -0.05) is 74.5 Å². The molecule has 0 spiro atoms. The first kappa shape index (κ1) is 19.8. The van der Waals surface area contributed by atoms with Gasteiger partial charge in [-0.3, -0.25) is 4.79 Å². The lowest BCUT2D eigenvalue weighted by molar-refractivity contribution is -0.122. The molecule has 0 aliphatic rings. The Morgan fingerprint density at radius 2 is 1.54 bits per heavy atom. The number of amides is 1. The number of rotatable bonds is 8. The molecule has 3 aromatic rings. The Labute approximate surface area is 166 Å². The summed E-state index contributed by atoms with van der Waals surface area (Å²) in [7, 11) is 0. The van der Waals surface area contributed by atoms with Crippen molar-refractivity contribution < 1.29 is 9.21 Å². The molecule has 0 radical (unpaired) electrons. The predicted molar refractivity (Wildman–Crippen MR) is 109 cm³/mol. The number of nitrogens with one attached hydrogen (secondary N) is 1. The van der Waals surface area contributed by atoms with E-state index in [1.165, 1.54) is 0 Å². The third kappa shape index (κ3) is 5.28. The van der Waals surface area contributed by atoms with E-state index in [9.17, 15) is 4.79 Å². The normalized spacial score (nSPS) is 12.3. The average Bonchev–Trinajstić information content (AvgIpc) is 3.13. The topological polar surface area (TPSA) is 68.0 Å². The second-order valence-electron chi connectivity index (χ2n) is 7.49. The maximum atomic E-state index is 13.0. The molecule has 0 saturated carbocycles. The Morgan fingerprint density at radius 1 is 0.964 bits per heavy atom. The molecular weight excluding hydrogens is 350 g/mol. The lowest BCUT2D eigenvalue weighted by Crippen LogP contribution is -2.31. The van der Waals surface area contributed by atoms with Gasteiger partial charge >= 0.3 is 0 Å². The number of aryl methyl sites for hydroxylation is 1. The lowest BCUT2D eigenvalue weighted by Gasteiger charge is -2.21. The largest absolute Gasteiger partial charge is 0.423 e. The van der Waals surface area contributed by atoms with Crippen molar-refractivity contribution in [2.24, 2.45) is 5.92 Å². The van der Waals surface area contributed by atoms with Crippen molar-refractivity contribution in [3.63, 3.8) is 0 Å². The van der Waals surface area contributed by atoms with Crippen LogP contribution in [0.2, 0.25) is 0 Å². The minimum Gasteiger partial charge on any atom is -0.423 e. The average molecular weight is 377 g/mol. The van der Waals surface area contributed by atoms with Gasteiger partial charge in [0.15, 0.2) is 0 Å². The molecular formula is C23H27N3O2. The van der Waals surface area contributed by atoms with E-state index in [0.717, 1.165) is 17.5 Å². The summed E-state index contributed by atoms with van der Waals surface area (Å²) < 4.78 is 5.58. The smallest absolute Gasteiger partial charge is 0.238 e. The highest BCUT2D eigenvalue weighted by Gasteiger charge is 2.24. The summed E-state index contributed by atoms with van der Waals surface area (Å²) in [5.41, 5.74) is 2.25. The Morgan fingerprint density at radius 3 is 2.00 bits per heavy atom. The summed E-state index contributed by atoms with van der Waals surface area (Å²) in [6.45, 7) is 5.98. The minimum atomic E-state index is -0.277. The van der Waals surface area contributed by atoms with Gasteiger partial charge in [0.05, 0.1) is 0 Å². The highest BCUT2D eigenvalue weighted by Crippen LogP contribution is 2.29. The molecule has 3 rings (SSSR count). The van der Waals surface area contributed by atoms with Crippen LogP contribution in [0.15, 0.2) is 65.1 Å². The number of hydrogen-bond acceptors (Lipinski definition) is 4. The van der Waals surface area contributed by atoms with E-state index in [4.69, 9.17) is 4.42 Å². The summed E-state index contributed by atoms with van der Waals surface area (Å²) in [6, 6.07) is 20.0. The quantitative estimate of drug-likeness (QED) is 0.612. The van der Waals surface area contributed by atoms with Crippen molar-refractivity contribution in [3.8, 4) is 0 Å². The molecule has 1 aromatic heterocycles. The van der Waals surface area contributed by atoms with Crippen LogP contribution in [-0.2, 0) is 4.79 Å². The second-order valence-corrected chi connectivity index (χ2v) is 7.49. The first-order valence-electron chi connectivity index (χ1n) is 9.72. The van der Waals surface area contributed by atoms with Crippen LogP contribution < -0.4 is 5.32 Å². The zero-order valence-corrected chi connectivity index (χ0v) is 16.6. The molecule has 0 aliphatic carbocycles. The van der Waals surface area contributed by atoms with Gasteiger partial charge in [-0.05, 0) is 23.5 Å². The van der Waals surface area contributed by atoms with Crippen LogP contribution >= 0.6 is 0 Å². The van der Waals surface area contributed by atoms with Crippen LogP contribution in [0.4, 0.5) is 0 Å². The van der Waals surface area contributed by atoms with E-state index < -0.39 is 0 Å². The van der Waals surface area contributed by atoms with Gasteiger partial charge in [-0.15, -0.1) is 10.2 Å². The van der Waals surface area contributed by atoms with Crippen molar-refractivity contribution in [1.29, 1.82) is 0 Å². The van der Waals surface area contributed by atoms with Crippen LogP contribution in [0, 0.1) is 12.8 Å². The van der Waals surface area contributed by atoms with Gasteiger partial charge in [-0.2, -0.15) is 0 Å². The summed E-state index contributed by atoms with van der Waals surface area (Å²) in [6.07, 6.45) is 1.10. The van der Waals surface area contributed by atoms with Crippen LogP contribution in [0.3, 0.4) is 0 Å². The first-order chi connectivity index (χ1) is 13.5. The molecule has 28 heavy (non-hydrogen) atoms. The maximum Gasteiger partial charge on any atom is 0.238 e. The van der Waals surface area contributed by atoms with E-state index in [0.29, 0.717) is 24.1 Å². The Bertz CT molecular complexity index is 836. The molecule has 0 fully saturated rings. The number of benzene rings is 2. The Balaban J connectivity index is 1.79. The fourth-order valence-electron chi connectivity index (χ4n) is 3.38. The van der Waals surface area contributed by atoms with Crippen LogP contribution in [0.25, 0.3) is 0 Å². The molecule has 1 atom stereocenters. The highest BCUT2D eigenvalue weighted by atomic mass is 16.4. The molecule has 2 aromatic carbocycles. The number of nitrogens with zero attached hydrogens (tertiary/aromatic N) is 2. The minimum absolute atomic E-state index is 0.00785. The SMILES string of the molecule is Cc1nnc(C(CC(C)C)NC(=O)CC(c2ccccc2)c2ccccc2)o1. The Kier molecular flexibility index (Phi) is 6.58. The van der Waals surface area contributed by atoms with E-state index in [1.807, 2.05) is 36.4 Å². The zero-order valence-electron chi connectivity index (χ0n) is 16.6. The van der Waals surface area contributed by atoms with Crippen molar-refractivity contribution in [1.82, 2.24) is 15.5 Å². The summed E-state index contributed by atoms with van der Waals surface area (Å²) in [4.78, 5) is 13.0. The predicted octanol–water partition coefficient (Wildman–Crippen LogP) is 4.80. The number of hydrogen-bond donors (Lipinski definition) is 1. The van der Waals surface area contributed by atoms with E-state index in [2.05, 4.69) is 53.6 Å². The highest BCUT2D eigenvalue weighted by molar-refractivity contribution is 5.78. The van der Waals surface area contributed by atoms with Gasteiger partial charge in [-0.25, -0.2) is 0 Å². The molecule has 5 nitrogen and oxygen atoms in total. The third-order valence-electron chi connectivity index (χ3n) is 4.68. The summed E-state index contributed by atoms with van der Waals surface area (Å²) >= 11 is 0. The molecule has 1 amide bonds. The lowest BCUT2D eigenvalue weighted by atomic mass is 9.88. The van der Waals surface area contributed by atoms with Crippen LogP contribution in [0.5, 0.6) is 0 Å². The monoisotopic (exact) mass is 377 g/mol. The standard InChI is InChI=1S/C23H27N3O2/c1-16(2)14-21(23-26-25-17(3)28-23)24-22(27)15-20(18-10-6-4-7-11-18)19-12-8-5-9-13-19/h4-13,16,20-21H,14-15H2,1-3H3,(H,24,27). The van der Waals surface area contributed by atoms with E-state index >= 15 is 0 Å². The third-order valence-corrected chi connectivity index (χ3v) is 4.68. The summed E-state index contributed by atoms with van der Waals surface area (Å²) in [5.74, 6) is 1.32. The molecule has 0 aliphatic heterocycles. The van der Waals surface area contributed by atoms with Crippen LogP contribution in [0.1, 0.15) is 61.6 Å². The molecule has 5 heteroatoms. The zero-order chi connectivity index (χ0) is 19.9. The van der Waals surface area contributed by atoms with Gasteiger partial charge in [0, 0.05) is 19.3 Å². The van der Waals surface area contributed by atoms with Gasteiger partial charge < -0.3 is 9.73 Å². The Hall–Kier alpha value is -2.95. The fourth-order valence-corrected chi connectivity index (χ4v) is 3.38. The first-order valence-corrected chi connectivity index (χ1v) is 9.72. The van der Waals surface area contributed by atoms with E-state index in [1.54, 1.807) is 6.92 Å². The molecule has 0 saturated heterocycles. The van der Waals surface area contributed by atoms with E-state index in [-0.39, 0.29) is 17.9 Å². The van der Waals surface area contributed by atoms with Crippen molar-refractivity contribution in [2.75, 3.05) is 0 Å². The van der Waals surface area contributed by atoms with Crippen molar-refractivity contribution in [3.05, 3.63) is 83.6 Å². The molecule has 1 N–H and O–H groups in total. The fraction of sp³-hybridized carbons (Fsp3) is 0.348. The number of carbonyl (C=O) groups is 1. The van der Waals surface area contributed by atoms with Gasteiger partial charge in [0.2, 0.25) is 17.7 Å². The van der Waals surface area contributed by atoms with Crippen molar-refractivity contribution >= 4 is 5.91 Å². The molecule has 0 bridgehead atoms. The second kappa shape index (κ2) is 9.31. The molecule has 1 unspecified atom stereocenters. The number of carbonyl (C=O) groups excluding carboxylic acids is 1. The molecule has 146 valence electrons.